The maximum atomic E-state index is 12.8. The van der Waals surface area contributed by atoms with Crippen molar-refractivity contribution >= 4 is 68.1 Å². The zero-order valence-electron chi connectivity index (χ0n) is 26.7. The normalized spacial score (nSPS) is 13.9. The zero-order chi connectivity index (χ0) is 33.7. The van der Waals surface area contributed by atoms with Gasteiger partial charge in [0.05, 0.1) is 26.8 Å². The predicted octanol–water partition coefficient (Wildman–Crippen LogP) is 8.96. The highest BCUT2D eigenvalue weighted by molar-refractivity contribution is 6.38. The molecule has 4 N–H and O–H groups in total. The Balaban J connectivity index is 0.000000152. The second kappa shape index (κ2) is 12.7. The number of ketones is 2. The maximum absolute atomic E-state index is 12.8. The lowest BCUT2D eigenvalue weighted by atomic mass is 9.90. The van der Waals surface area contributed by atoms with Crippen LogP contribution in [-0.4, -0.2) is 21.5 Å². The molecule has 0 aliphatic heterocycles. The lowest BCUT2D eigenvalue weighted by molar-refractivity contribution is 0.100. The van der Waals surface area contributed by atoms with E-state index in [4.69, 9.17) is 43.5 Å². The number of rotatable bonds is 4. The monoisotopic (exact) mass is 680 g/mol. The van der Waals surface area contributed by atoms with Gasteiger partial charge in [0.15, 0.2) is 17.1 Å². The molecule has 0 unspecified atom stereocenters. The van der Waals surface area contributed by atoms with Gasteiger partial charge in [-0.25, -0.2) is 0 Å². The van der Waals surface area contributed by atoms with Crippen LogP contribution in [0.1, 0.15) is 91.6 Å². The summed E-state index contributed by atoms with van der Waals surface area (Å²) in [5.74, 6) is -0.234. The fraction of sp³-hybridized carbons (Fsp3) is 0.263. The van der Waals surface area contributed by atoms with E-state index >= 15 is 0 Å². The van der Waals surface area contributed by atoms with Gasteiger partial charge in [-0.1, -0.05) is 23.2 Å². The molecule has 0 fully saturated rings. The Hall–Kier alpha value is -4.66. The summed E-state index contributed by atoms with van der Waals surface area (Å²) in [6.45, 7) is 3.58. The molecule has 8 nitrogen and oxygen atoms in total. The van der Waals surface area contributed by atoms with E-state index < -0.39 is 0 Å². The first-order valence-corrected chi connectivity index (χ1v) is 16.9. The van der Waals surface area contributed by atoms with Crippen molar-refractivity contribution in [3.8, 4) is 0 Å². The molecule has 48 heavy (non-hydrogen) atoms. The van der Waals surface area contributed by atoms with Crippen molar-refractivity contribution in [2.24, 2.45) is 0 Å². The number of anilines is 2. The highest BCUT2D eigenvalue weighted by Gasteiger charge is 2.27. The predicted molar refractivity (Wildman–Crippen MR) is 189 cm³/mol. The summed E-state index contributed by atoms with van der Waals surface area (Å²) < 4.78 is 11.7. The molecule has 2 aliphatic carbocycles. The summed E-state index contributed by atoms with van der Waals surface area (Å²) in [7, 11) is 0. The molecule has 8 rings (SSSR count). The number of pyridine rings is 2. The molecule has 0 saturated heterocycles. The van der Waals surface area contributed by atoms with Gasteiger partial charge in [-0.2, -0.15) is 0 Å². The van der Waals surface area contributed by atoms with Crippen LogP contribution in [0.4, 0.5) is 11.4 Å². The fourth-order valence-corrected chi connectivity index (χ4v) is 7.65. The average molecular weight is 682 g/mol. The largest absolute Gasteiger partial charge is 0.450 e. The Morgan fingerprint density at radius 3 is 1.81 bits per heavy atom. The van der Waals surface area contributed by atoms with E-state index in [1.165, 1.54) is 11.1 Å². The van der Waals surface area contributed by atoms with Crippen molar-refractivity contribution in [1.82, 2.24) is 9.97 Å². The summed E-state index contributed by atoms with van der Waals surface area (Å²) in [6.07, 6.45) is 11.7. The van der Waals surface area contributed by atoms with Crippen LogP contribution in [0.25, 0.3) is 21.9 Å². The molecule has 2 aliphatic rings. The first-order chi connectivity index (χ1) is 23.2. The first-order valence-electron chi connectivity index (χ1n) is 16.1. The molecule has 0 amide bonds. The van der Waals surface area contributed by atoms with Gasteiger partial charge in [0, 0.05) is 40.3 Å². The van der Waals surface area contributed by atoms with E-state index in [2.05, 4.69) is 9.97 Å². The number of aryl methyl sites for hydroxylation is 4. The number of nitrogens with two attached hydrogens (primary N) is 2. The van der Waals surface area contributed by atoms with E-state index in [1.54, 1.807) is 50.5 Å². The Labute approximate surface area is 287 Å². The van der Waals surface area contributed by atoms with Crippen molar-refractivity contribution in [2.75, 3.05) is 11.5 Å². The van der Waals surface area contributed by atoms with Crippen LogP contribution in [-0.2, 0) is 25.7 Å². The molecular formula is C38H34Cl2N4O4. The number of nitrogens with zero attached hydrogens (tertiary/aromatic N) is 2. The zero-order valence-corrected chi connectivity index (χ0v) is 28.2. The lowest BCUT2D eigenvalue weighted by Crippen LogP contribution is -2.06. The SMILES string of the molecule is Cc1ncccc1C(=O)c1oc2c(Cl)c3c(cc2c1N)CCCC3.Cc1ncccc1C(=O)c1oc2cc3c(c(Cl)c2c1N)CCCC3. The third-order valence-electron chi connectivity index (χ3n) is 9.47. The van der Waals surface area contributed by atoms with Gasteiger partial charge >= 0.3 is 0 Å². The Morgan fingerprint density at radius 2 is 1.23 bits per heavy atom. The minimum atomic E-state index is -0.261. The Bertz CT molecular complexity index is 2210. The van der Waals surface area contributed by atoms with Crippen LogP contribution in [0.5, 0.6) is 0 Å². The lowest BCUT2D eigenvalue weighted by Gasteiger charge is -2.17. The van der Waals surface area contributed by atoms with Crippen molar-refractivity contribution in [3.05, 3.63) is 115 Å². The van der Waals surface area contributed by atoms with Crippen LogP contribution in [0.15, 0.2) is 57.6 Å². The molecule has 0 radical (unpaired) electrons. The first kappa shape index (κ1) is 31.9. The summed E-state index contributed by atoms with van der Waals surface area (Å²) in [5.41, 5.74) is 21.2. The van der Waals surface area contributed by atoms with E-state index in [1.807, 2.05) is 12.1 Å². The van der Waals surface area contributed by atoms with Gasteiger partial charge in [-0.3, -0.25) is 19.6 Å². The molecule has 10 heteroatoms. The van der Waals surface area contributed by atoms with Gasteiger partial charge in [0.1, 0.15) is 5.58 Å². The third kappa shape index (κ3) is 5.43. The van der Waals surface area contributed by atoms with Crippen molar-refractivity contribution in [2.45, 2.75) is 65.2 Å². The number of benzene rings is 2. The molecule has 0 bridgehead atoms. The minimum Gasteiger partial charge on any atom is -0.450 e. The number of halogens is 2. The molecule has 0 atom stereocenters. The van der Waals surface area contributed by atoms with Crippen LogP contribution < -0.4 is 11.5 Å². The summed E-state index contributed by atoms with van der Waals surface area (Å²) in [6, 6.07) is 10.9. The Morgan fingerprint density at radius 1 is 0.708 bits per heavy atom. The number of hydrogen-bond acceptors (Lipinski definition) is 8. The van der Waals surface area contributed by atoms with Crippen LogP contribution in [0.2, 0.25) is 10.0 Å². The molecule has 4 heterocycles. The van der Waals surface area contributed by atoms with Crippen LogP contribution in [0.3, 0.4) is 0 Å². The quantitative estimate of drug-likeness (QED) is 0.176. The van der Waals surface area contributed by atoms with E-state index in [-0.39, 0.29) is 23.1 Å². The smallest absolute Gasteiger partial charge is 0.232 e. The number of aromatic nitrogens is 2. The second-order valence-electron chi connectivity index (χ2n) is 12.4. The minimum absolute atomic E-state index is 0.144. The average Bonchev–Trinajstić information content (AvgIpc) is 3.61. The van der Waals surface area contributed by atoms with Crippen molar-refractivity contribution in [1.29, 1.82) is 0 Å². The van der Waals surface area contributed by atoms with Gasteiger partial charge in [-0.15, -0.1) is 0 Å². The summed E-state index contributed by atoms with van der Waals surface area (Å²) in [5, 5.41) is 2.61. The van der Waals surface area contributed by atoms with Gasteiger partial charge < -0.3 is 20.3 Å². The van der Waals surface area contributed by atoms with E-state index in [0.29, 0.717) is 60.5 Å². The maximum Gasteiger partial charge on any atom is 0.232 e. The van der Waals surface area contributed by atoms with Crippen LogP contribution in [0, 0.1) is 13.8 Å². The topological polar surface area (TPSA) is 138 Å². The Kier molecular flexibility index (Phi) is 8.48. The summed E-state index contributed by atoms with van der Waals surface area (Å²) >= 11 is 13.2. The number of fused-ring (bicyclic) bond motifs is 4. The molecular weight excluding hydrogens is 647 g/mol. The van der Waals surface area contributed by atoms with E-state index in [9.17, 15) is 9.59 Å². The summed E-state index contributed by atoms with van der Waals surface area (Å²) in [4.78, 5) is 34.0. The van der Waals surface area contributed by atoms with Gasteiger partial charge in [0.2, 0.25) is 11.6 Å². The highest BCUT2D eigenvalue weighted by Crippen LogP contribution is 2.42. The molecule has 244 valence electrons. The number of carbonyl (C=O) groups excluding carboxylic acids is 2. The molecule has 0 saturated carbocycles. The molecule has 6 aromatic rings. The number of hydrogen-bond donors (Lipinski definition) is 2. The van der Waals surface area contributed by atoms with Crippen molar-refractivity contribution < 1.29 is 18.4 Å². The molecule has 4 aromatic heterocycles. The fourth-order valence-electron chi connectivity index (χ4n) is 6.88. The number of nitrogen functional groups attached to an aromatic ring is 2. The molecule has 0 spiro atoms. The number of carbonyl (C=O) groups is 2. The van der Waals surface area contributed by atoms with Crippen LogP contribution >= 0.6 is 23.2 Å². The van der Waals surface area contributed by atoms with E-state index in [0.717, 1.165) is 67.9 Å². The standard InChI is InChI=1S/2C19H17ClN2O2/c1-10-12(7-4-8-22-10)18(23)19-17(21)15-14(24-19)9-11-5-2-3-6-13(11)16(15)20;1-10-12(7-4-8-22-10)17(23)19-16(21)14-9-11-5-2-3-6-13(11)15(20)18(14)24-19/h2*4,7-9H,2-3,5-6,21H2,1H3. The highest BCUT2D eigenvalue weighted by atomic mass is 35.5. The van der Waals surface area contributed by atoms with Gasteiger partial charge in [-0.05, 0) is 124 Å². The molecule has 2 aromatic carbocycles. The number of furan rings is 2. The van der Waals surface area contributed by atoms with Gasteiger partial charge in [0.25, 0.3) is 0 Å². The van der Waals surface area contributed by atoms with Crippen molar-refractivity contribution in [3.63, 3.8) is 0 Å². The third-order valence-corrected chi connectivity index (χ3v) is 10.3. The second-order valence-corrected chi connectivity index (χ2v) is 13.2.